The van der Waals surface area contributed by atoms with Crippen LogP contribution in [-0.4, -0.2) is 46.0 Å². The van der Waals surface area contributed by atoms with Crippen LogP contribution in [0.15, 0.2) is 36.4 Å². The largest absolute Gasteiger partial charge is 0.484 e. The molecule has 2 atom stereocenters. The van der Waals surface area contributed by atoms with E-state index in [2.05, 4.69) is 22.3 Å². The highest BCUT2D eigenvalue weighted by Crippen LogP contribution is 2.31. The van der Waals surface area contributed by atoms with Crippen molar-refractivity contribution < 1.29 is 14.3 Å². The monoisotopic (exact) mass is 404 g/mol. The van der Waals surface area contributed by atoms with Gasteiger partial charge in [0.25, 0.3) is 0 Å². The number of nitrogens with zero attached hydrogens (tertiary/aromatic N) is 3. The van der Waals surface area contributed by atoms with Crippen molar-refractivity contribution in [2.75, 3.05) is 18.8 Å². The van der Waals surface area contributed by atoms with Crippen LogP contribution in [0, 0.1) is 0 Å². The van der Waals surface area contributed by atoms with E-state index >= 15 is 0 Å². The molecule has 1 aromatic heterocycles. The van der Waals surface area contributed by atoms with Crippen molar-refractivity contribution in [2.24, 2.45) is 0 Å². The van der Waals surface area contributed by atoms with E-state index in [1.165, 1.54) is 6.07 Å². The molecule has 0 aliphatic carbocycles. The van der Waals surface area contributed by atoms with Gasteiger partial charge in [-0.25, -0.2) is 4.79 Å². The van der Waals surface area contributed by atoms with Crippen LogP contribution in [0.4, 0.5) is 10.6 Å². The summed E-state index contributed by atoms with van der Waals surface area (Å²) >= 11 is 5.92. The Morgan fingerprint density at radius 3 is 2.61 bits per heavy atom. The van der Waals surface area contributed by atoms with Gasteiger partial charge in [0.15, 0.2) is 16.7 Å². The van der Waals surface area contributed by atoms with Gasteiger partial charge >= 0.3 is 6.09 Å². The van der Waals surface area contributed by atoms with Crippen LogP contribution in [0.5, 0.6) is 5.75 Å². The molecule has 1 fully saturated rings. The maximum absolute atomic E-state index is 12.7. The van der Waals surface area contributed by atoms with E-state index in [1.807, 2.05) is 39.0 Å². The summed E-state index contributed by atoms with van der Waals surface area (Å²) in [4.78, 5) is 14.4. The number of nitrogen functional groups attached to an aromatic ring is 1. The van der Waals surface area contributed by atoms with Crippen molar-refractivity contribution in [1.29, 1.82) is 0 Å². The first-order valence-corrected chi connectivity index (χ1v) is 9.57. The van der Waals surface area contributed by atoms with Crippen LogP contribution in [-0.2, 0) is 4.74 Å². The minimum Gasteiger partial charge on any atom is -0.484 e. The smallest absolute Gasteiger partial charge is 0.410 e. The fourth-order valence-electron chi connectivity index (χ4n) is 3.22. The molecule has 1 aliphatic rings. The van der Waals surface area contributed by atoms with Crippen molar-refractivity contribution in [2.45, 2.75) is 44.8 Å². The highest BCUT2D eigenvalue weighted by atomic mass is 35.5. The standard InChI is InChI=1S/C20H25ClN4O3/c1-20(2,3)28-19(26)25-11-14(13-7-5-4-6-8-13)9-15(12-25)27-16-10-17(21)23-24-18(16)22/h4-8,10,14-15H,9,11-12H2,1-3H3,(H2,22,24)/t14-,15-/m1/s1. The van der Waals surface area contributed by atoms with E-state index in [-0.39, 0.29) is 29.1 Å². The Balaban J connectivity index is 1.82. The first-order chi connectivity index (χ1) is 13.2. The van der Waals surface area contributed by atoms with Crippen LogP contribution in [0.25, 0.3) is 0 Å². The number of halogens is 1. The van der Waals surface area contributed by atoms with E-state index in [9.17, 15) is 4.79 Å². The quantitative estimate of drug-likeness (QED) is 0.834. The molecule has 28 heavy (non-hydrogen) atoms. The van der Waals surface area contributed by atoms with E-state index < -0.39 is 5.60 Å². The second-order valence-electron chi connectivity index (χ2n) is 7.89. The third kappa shape index (κ3) is 5.25. The number of carbonyl (C=O) groups excluding carboxylic acids is 1. The van der Waals surface area contributed by atoms with E-state index in [4.69, 9.17) is 26.8 Å². The first kappa shape index (κ1) is 20.2. The number of hydrogen-bond acceptors (Lipinski definition) is 6. The number of ether oxygens (including phenoxy) is 2. The zero-order chi connectivity index (χ0) is 20.3. The highest BCUT2D eigenvalue weighted by molar-refractivity contribution is 6.29. The van der Waals surface area contributed by atoms with Gasteiger partial charge in [0.1, 0.15) is 11.7 Å². The average Bonchev–Trinajstić information content (AvgIpc) is 2.64. The highest BCUT2D eigenvalue weighted by Gasteiger charge is 2.34. The number of likely N-dealkylation sites (tertiary alicyclic amines) is 1. The van der Waals surface area contributed by atoms with Gasteiger partial charge in [-0.15, -0.1) is 10.2 Å². The normalized spacial score (nSPS) is 19.9. The molecule has 1 aliphatic heterocycles. The molecule has 0 unspecified atom stereocenters. The molecule has 3 rings (SSSR count). The average molecular weight is 405 g/mol. The topological polar surface area (TPSA) is 90.6 Å². The van der Waals surface area contributed by atoms with Crippen molar-refractivity contribution in [3.05, 3.63) is 47.1 Å². The van der Waals surface area contributed by atoms with Crippen molar-refractivity contribution in [3.63, 3.8) is 0 Å². The molecule has 2 aromatic rings. The molecule has 2 heterocycles. The summed E-state index contributed by atoms with van der Waals surface area (Å²) in [5.74, 6) is 0.636. The van der Waals surface area contributed by atoms with Crippen LogP contribution < -0.4 is 10.5 Å². The molecule has 0 spiro atoms. The maximum atomic E-state index is 12.7. The Morgan fingerprint density at radius 1 is 1.21 bits per heavy atom. The minimum atomic E-state index is -0.569. The second kappa shape index (κ2) is 8.22. The van der Waals surface area contributed by atoms with Crippen LogP contribution in [0.1, 0.15) is 38.7 Å². The molecule has 0 saturated carbocycles. The minimum absolute atomic E-state index is 0.110. The van der Waals surface area contributed by atoms with Gasteiger partial charge in [0, 0.05) is 18.5 Å². The lowest BCUT2D eigenvalue weighted by molar-refractivity contribution is 0.00429. The number of rotatable bonds is 3. The lowest BCUT2D eigenvalue weighted by atomic mass is 9.89. The van der Waals surface area contributed by atoms with Gasteiger partial charge in [0.2, 0.25) is 0 Å². The molecule has 1 saturated heterocycles. The van der Waals surface area contributed by atoms with Gasteiger partial charge in [-0.05, 0) is 32.8 Å². The number of benzene rings is 1. The third-order valence-electron chi connectivity index (χ3n) is 4.38. The van der Waals surface area contributed by atoms with Gasteiger partial charge < -0.3 is 20.1 Å². The first-order valence-electron chi connectivity index (χ1n) is 9.19. The summed E-state index contributed by atoms with van der Waals surface area (Å²) in [6, 6.07) is 11.6. The van der Waals surface area contributed by atoms with Gasteiger partial charge in [-0.3, -0.25) is 0 Å². The number of anilines is 1. The van der Waals surface area contributed by atoms with E-state index in [0.29, 0.717) is 18.8 Å². The van der Waals surface area contributed by atoms with Crippen LogP contribution in [0.2, 0.25) is 5.15 Å². The zero-order valence-electron chi connectivity index (χ0n) is 16.3. The molecule has 7 nitrogen and oxygen atoms in total. The van der Waals surface area contributed by atoms with Crippen LogP contribution in [0.3, 0.4) is 0 Å². The van der Waals surface area contributed by atoms with Gasteiger partial charge in [-0.1, -0.05) is 41.9 Å². The van der Waals surface area contributed by atoms with Crippen LogP contribution >= 0.6 is 11.6 Å². The third-order valence-corrected chi connectivity index (χ3v) is 4.57. The predicted molar refractivity (Wildman–Crippen MR) is 107 cm³/mol. The van der Waals surface area contributed by atoms with Crippen molar-refractivity contribution in [3.8, 4) is 5.75 Å². The summed E-state index contributed by atoms with van der Waals surface area (Å²) in [5, 5.41) is 7.69. The Labute approximate surface area is 169 Å². The van der Waals surface area contributed by atoms with Gasteiger partial charge in [0.05, 0.1) is 6.54 Å². The summed E-state index contributed by atoms with van der Waals surface area (Å²) in [5.41, 5.74) is 6.44. The fourth-order valence-corrected chi connectivity index (χ4v) is 3.35. The molecule has 0 bridgehead atoms. The fraction of sp³-hybridized carbons (Fsp3) is 0.450. The Bertz CT molecular complexity index is 826. The lowest BCUT2D eigenvalue weighted by Gasteiger charge is -2.38. The molecule has 8 heteroatoms. The summed E-state index contributed by atoms with van der Waals surface area (Å²) in [6.07, 6.45) is 0.0810. The number of piperidine rings is 1. The Morgan fingerprint density at radius 2 is 1.93 bits per heavy atom. The number of carbonyl (C=O) groups is 1. The summed E-state index contributed by atoms with van der Waals surface area (Å²) in [6.45, 7) is 6.50. The molecule has 2 N–H and O–H groups in total. The molecular weight excluding hydrogens is 380 g/mol. The number of nitrogens with two attached hydrogens (primary N) is 1. The number of aromatic nitrogens is 2. The molecular formula is C20H25ClN4O3. The maximum Gasteiger partial charge on any atom is 0.410 e. The number of amides is 1. The summed E-state index contributed by atoms with van der Waals surface area (Å²) < 4.78 is 11.6. The van der Waals surface area contributed by atoms with E-state index in [1.54, 1.807) is 4.90 Å². The zero-order valence-corrected chi connectivity index (χ0v) is 17.0. The molecule has 150 valence electrons. The number of hydrogen-bond donors (Lipinski definition) is 1. The summed E-state index contributed by atoms with van der Waals surface area (Å²) in [7, 11) is 0. The molecule has 1 amide bonds. The van der Waals surface area contributed by atoms with Crippen molar-refractivity contribution >= 4 is 23.5 Å². The van der Waals surface area contributed by atoms with Crippen molar-refractivity contribution in [1.82, 2.24) is 15.1 Å². The predicted octanol–water partition coefficient (Wildman–Crippen LogP) is 3.88. The molecule has 0 radical (unpaired) electrons. The second-order valence-corrected chi connectivity index (χ2v) is 8.27. The Kier molecular flexibility index (Phi) is 5.93. The Hall–Kier alpha value is -2.54. The van der Waals surface area contributed by atoms with Gasteiger partial charge in [-0.2, -0.15) is 0 Å². The lowest BCUT2D eigenvalue weighted by Crippen LogP contribution is -2.49. The SMILES string of the molecule is CC(C)(C)OC(=O)N1C[C@H](Oc2cc(Cl)nnc2N)C[C@@H](c2ccccc2)C1. The molecule has 1 aromatic carbocycles. The van der Waals surface area contributed by atoms with E-state index in [0.717, 1.165) is 12.0 Å².